The molecule has 0 amide bonds. The van der Waals surface area contributed by atoms with Crippen LogP contribution in [-0.2, 0) is 0 Å². The first-order valence-corrected chi connectivity index (χ1v) is 11.7. The predicted molar refractivity (Wildman–Crippen MR) is 125 cm³/mol. The molecule has 8 nitrogen and oxygen atoms in total. The third-order valence-electron chi connectivity index (χ3n) is 7.32. The van der Waals surface area contributed by atoms with E-state index in [1.54, 1.807) is 4.57 Å². The highest BCUT2D eigenvalue weighted by molar-refractivity contribution is 6.03. The molecular weight excluding hydrogens is 427 g/mol. The molecule has 1 aromatic heterocycles. The number of halogens is 1. The number of ether oxygens (including phenoxy) is 1. The standard InChI is InChI=1S/C24H31FN4O4/c1-11-8-28(9-12(2)19(11)27-13-4-5-13)21-17(25)18(26)16-20(23(21)33-3)29(14-6-7-14)10-15(22(16)30)24(31)32/h10-14,19,27H,4-9,26H2,1-3H3,(H,31,32). The van der Waals surface area contributed by atoms with E-state index in [2.05, 4.69) is 19.2 Å². The number of pyridine rings is 1. The van der Waals surface area contributed by atoms with E-state index < -0.39 is 22.8 Å². The lowest BCUT2D eigenvalue weighted by Gasteiger charge is -2.43. The normalized spacial score (nSPS) is 25.5. The van der Waals surface area contributed by atoms with Crippen LogP contribution in [0.15, 0.2) is 11.0 Å². The van der Waals surface area contributed by atoms with Crippen LogP contribution in [0.3, 0.4) is 0 Å². The number of nitrogen functional groups attached to an aromatic ring is 1. The number of carboxylic acids is 1. The van der Waals surface area contributed by atoms with Crippen LogP contribution in [0.25, 0.3) is 10.9 Å². The van der Waals surface area contributed by atoms with Gasteiger partial charge in [0.25, 0.3) is 0 Å². The average molecular weight is 459 g/mol. The Morgan fingerprint density at radius 1 is 1.21 bits per heavy atom. The molecule has 3 fully saturated rings. The zero-order valence-corrected chi connectivity index (χ0v) is 19.2. The van der Waals surface area contributed by atoms with Crippen LogP contribution in [0.2, 0.25) is 0 Å². The van der Waals surface area contributed by atoms with Crippen molar-refractivity contribution in [2.75, 3.05) is 30.8 Å². The van der Waals surface area contributed by atoms with Gasteiger partial charge < -0.3 is 30.4 Å². The van der Waals surface area contributed by atoms with E-state index in [9.17, 15) is 14.7 Å². The minimum Gasteiger partial charge on any atom is -0.492 e. The van der Waals surface area contributed by atoms with Gasteiger partial charge in [-0.15, -0.1) is 0 Å². The van der Waals surface area contributed by atoms with Crippen LogP contribution >= 0.6 is 0 Å². The Labute approximate surface area is 191 Å². The van der Waals surface area contributed by atoms with Crippen molar-refractivity contribution in [3.05, 3.63) is 27.8 Å². The number of hydrogen-bond acceptors (Lipinski definition) is 6. The molecule has 9 heteroatoms. The van der Waals surface area contributed by atoms with Crippen LogP contribution < -0.4 is 26.1 Å². The Morgan fingerprint density at radius 2 is 1.85 bits per heavy atom. The van der Waals surface area contributed by atoms with Crippen molar-refractivity contribution in [2.45, 2.75) is 57.7 Å². The minimum absolute atomic E-state index is 0.0316. The van der Waals surface area contributed by atoms with Gasteiger partial charge in [0.2, 0.25) is 5.43 Å². The number of nitrogens with zero attached hydrogens (tertiary/aromatic N) is 2. The number of benzene rings is 1. The fourth-order valence-electron chi connectivity index (χ4n) is 5.42. The zero-order chi connectivity index (χ0) is 23.6. The van der Waals surface area contributed by atoms with Gasteiger partial charge in [-0.3, -0.25) is 4.79 Å². The van der Waals surface area contributed by atoms with Crippen LogP contribution in [0, 0.1) is 17.7 Å². The number of piperidine rings is 1. The van der Waals surface area contributed by atoms with E-state index >= 15 is 4.39 Å². The van der Waals surface area contributed by atoms with E-state index in [1.807, 2.05) is 4.90 Å². The summed E-state index contributed by atoms with van der Waals surface area (Å²) >= 11 is 0. The van der Waals surface area contributed by atoms with Crippen molar-refractivity contribution in [1.82, 2.24) is 9.88 Å². The predicted octanol–water partition coefficient (Wildman–Crippen LogP) is 2.98. The van der Waals surface area contributed by atoms with Gasteiger partial charge in [-0.05, 0) is 37.5 Å². The lowest BCUT2D eigenvalue weighted by Crippen LogP contribution is -2.54. The molecule has 5 rings (SSSR count). The van der Waals surface area contributed by atoms with Crippen LogP contribution in [0.4, 0.5) is 15.8 Å². The van der Waals surface area contributed by atoms with Crippen LogP contribution in [0.1, 0.15) is 55.9 Å². The van der Waals surface area contributed by atoms with E-state index in [1.165, 1.54) is 26.1 Å². The highest BCUT2D eigenvalue weighted by Crippen LogP contribution is 2.47. The van der Waals surface area contributed by atoms with Gasteiger partial charge in [0.05, 0.1) is 23.7 Å². The number of rotatable bonds is 6. The minimum atomic E-state index is -1.35. The molecule has 178 valence electrons. The molecular formula is C24H31FN4O4. The molecule has 2 heterocycles. The van der Waals surface area contributed by atoms with Crippen molar-refractivity contribution >= 4 is 28.2 Å². The lowest BCUT2D eigenvalue weighted by molar-refractivity contribution is 0.0695. The van der Waals surface area contributed by atoms with Crippen LogP contribution in [-0.4, -0.2) is 47.9 Å². The van der Waals surface area contributed by atoms with E-state index in [0.29, 0.717) is 30.7 Å². The third kappa shape index (κ3) is 3.62. The average Bonchev–Trinajstić information content (AvgIpc) is 3.67. The number of fused-ring (bicyclic) bond motifs is 1. The van der Waals surface area contributed by atoms with Crippen molar-refractivity contribution in [3.8, 4) is 5.75 Å². The van der Waals surface area contributed by atoms with Gasteiger partial charge in [-0.1, -0.05) is 13.8 Å². The van der Waals surface area contributed by atoms with Crippen molar-refractivity contribution in [3.63, 3.8) is 0 Å². The second kappa shape index (κ2) is 7.90. The summed E-state index contributed by atoms with van der Waals surface area (Å²) in [5.41, 5.74) is 5.32. The first-order chi connectivity index (χ1) is 15.7. The van der Waals surface area contributed by atoms with Gasteiger partial charge in [0.15, 0.2) is 11.6 Å². The molecule has 4 N–H and O–H groups in total. The monoisotopic (exact) mass is 458 g/mol. The lowest BCUT2D eigenvalue weighted by atomic mass is 9.85. The number of methoxy groups -OCH3 is 1. The van der Waals surface area contributed by atoms with Crippen LogP contribution in [0.5, 0.6) is 5.75 Å². The van der Waals surface area contributed by atoms with Gasteiger partial charge in [0, 0.05) is 37.4 Å². The highest BCUT2D eigenvalue weighted by Gasteiger charge is 2.39. The van der Waals surface area contributed by atoms with E-state index in [4.69, 9.17) is 10.5 Å². The number of anilines is 2. The number of nitrogens with one attached hydrogen (secondary N) is 1. The zero-order valence-electron chi connectivity index (χ0n) is 19.2. The first kappa shape index (κ1) is 22.0. The summed E-state index contributed by atoms with van der Waals surface area (Å²) in [6, 6.07) is 0.970. The fourth-order valence-corrected chi connectivity index (χ4v) is 5.42. The second-order valence-corrected chi connectivity index (χ2v) is 9.97. The molecule has 3 aliphatic rings. The molecule has 0 radical (unpaired) electrons. The summed E-state index contributed by atoms with van der Waals surface area (Å²) < 4.78 is 23.3. The first-order valence-electron chi connectivity index (χ1n) is 11.7. The number of hydrogen-bond donors (Lipinski definition) is 3. The number of carbonyl (C=O) groups is 1. The molecule has 2 aromatic rings. The molecule has 1 saturated heterocycles. The number of aromatic carboxylic acids is 1. The van der Waals surface area contributed by atoms with E-state index in [0.717, 1.165) is 12.8 Å². The summed E-state index contributed by atoms with van der Waals surface area (Å²) in [6.07, 6.45) is 5.46. The Kier molecular flexibility index (Phi) is 5.27. The number of carboxylic acid groups (broad SMARTS) is 1. The summed E-state index contributed by atoms with van der Waals surface area (Å²) in [4.78, 5) is 26.7. The molecule has 2 unspecified atom stereocenters. The summed E-state index contributed by atoms with van der Waals surface area (Å²) in [7, 11) is 1.45. The third-order valence-corrected chi connectivity index (χ3v) is 7.32. The van der Waals surface area contributed by atoms with E-state index in [-0.39, 0.29) is 40.4 Å². The maximum atomic E-state index is 15.8. The highest BCUT2D eigenvalue weighted by atomic mass is 19.1. The van der Waals surface area contributed by atoms with Crippen molar-refractivity contribution < 1.29 is 19.0 Å². The number of aromatic nitrogens is 1. The molecule has 2 saturated carbocycles. The van der Waals surface area contributed by atoms with Gasteiger partial charge in [-0.2, -0.15) is 0 Å². The molecule has 1 aliphatic heterocycles. The Hall–Kier alpha value is -2.81. The maximum Gasteiger partial charge on any atom is 0.341 e. The number of nitrogens with two attached hydrogens (primary N) is 1. The largest absolute Gasteiger partial charge is 0.492 e. The molecule has 0 spiro atoms. The smallest absolute Gasteiger partial charge is 0.341 e. The maximum absolute atomic E-state index is 15.8. The van der Waals surface area contributed by atoms with Gasteiger partial charge in [0.1, 0.15) is 11.3 Å². The van der Waals surface area contributed by atoms with Gasteiger partial charge in [-0.25, -0.2) is 9.18 Å². The molecule has 2 atom stereocenters. The quantitative estimate of drug-likeness (QED) is 0.571. The second-order valence-electron chi connectivity index (χ2n) is 9.97. The molecule has 2 aliphatic carbocycles. The summed E-state index contributed by atoms with van der Waals surface area (Å²) in [6.45, 7) is 5.56. The van der Waals surface area contributed by atoms with Crippen molar-refractivity contribution in [2.24, 2.45) is 11.8 Å². The topological polar surface area (TPSA) is 110 Å². The van der Waals surface area contributed by atoms with Gasteiger partial charge >= 0.3 is 5.97 Å². The molecule has 1 aromatic carbocycles. The Balaban J connectivity index is 1.68. The Bertz CT molecular complexity index is 1180. The summed E-state index contributed by atoms with van der Waals surface area (Å²) in [5, 5.41) is 13.2. The SMILES string of the molecule is COc1c(N2CC(C)C(NC3CC3)C(C)C2)c(F)c(N)c2c(=O)c(C(=O)O)cn(C3CC3)c12. The molecule has 33 heavy (non-hydrogen) atoms. The molecule has 0 bridgehead atoms. The summed E-state index contributed by atoms with van der Waals surface area (Å²) in [5.74, 6) is -1.29. The fraction of sp³-hybridized carbons (Fsp3) is 0.583. The van der Waals surface area contributed by atoms with Crippen molar-refractivity contribution in [1.29, 1.82) is 0 Å². The Morgan fingerprint density at radius 3 is 2.36 bits per heavy atom.